The van der Waals surface area contributed by atoms with E-state index in [0.717, 1.165) is 39.1 Å². The number of hydrogen-bond donors (Lipinski definition) is 1. The average molecular weight is 232 g/mol. The first-order chi connectivity index (χ1) is 6.91. The van der Waals surface area contributed by atoms with Crippen molar-refractivity contribution in [2.45, 2.75) is 12.8 Å². The van der Waals surface area contributed by atoms with Gasteiger partial charge in [0.2, 0.25) is 0 Å². The lowest BCUT2D eigenvalue weighted by atomic mass is 9.80. The normalized spacial score (nSPS) is 25.1. The summed E-state index contributed by atoms with van der Waals surface area (Å²) in [5.41, 5.74) is 0.235. The maximum atomic E-state index is 5.57. The van der Waals surface area contributed by atoms with Crippen LogP contribution in [0.25, 0.3) is 0 Å². The predicted octanol–water partition coefficient (Wildman–Crippen LogP) is 0.828. The van der Waals surface area contributed by atoms with Gasteiger partial charge in [0.15, 0.2) is 0 Å². The summed E-state index contributed by atoms with van der Waals surface area (Å²) in [4.78, 5) is 0. The molecule has 0 aromatic rings. The summed E-state index contributed by atoms with van der Waals surface area (Å²) < 4.78 is 11.1. The molecule has 0 aromatic heterocycles. The summed E-state index contributed by atoms with van der Waals surface area (Å²) in [6.07, 6.45) is 2.29. The number of rotatable bonds is 0. The molecule has 0 amide bonds. The van der Waals surface area contributed by atoms with Crippen molar-refractivity contribution in [2.75, 3.05) is 39.5 Å². The molecule has 3 nitrogen and oxygen atoms in total. The highest BCUT2D eigenvalue weighted by Gasteiger charge is 2.32. The van der Waals surface area contributed by atoms with E-state index < -0.39 is 0 Å². The molecule has 0 radical (unpaired) electrons. The fourth-order valence-corrected chi connectivity index (χ4v) is 2.03. The minimum atomic E-state index is 0. The molecule has 86 valence electrons. The second kappa shape index (κ2) is 6.34. The van der Waals surface area contributed by atoms with Gasteiger partial charge in [-0.3, -0.25) is 0 Å². The van der Waals surface area contributed by atoms with E-state index in [9.17, 15) is 0 Å². The third kappa shape index (κ3) is 3.66. The van der Waals surface area contributed by atoms with Crippen molar-refractivity contribution in [1.82, 2.24) is 5.32 Å². The van der Waals surface area contributed by atoms with E-state index in [2.05, 4.69) is 17.2 Å². The van der Waals surface area contributed by atoms with Crippen LogP contribution in [0.5, 0.6) is 0 Å². The van der Waals surface area contributed by atoms with E-state index in [1.54, 1.807) is 0 Å². The maximum Gasteiger partial charge on any atom is 0.107 e. The summed E-state index contributed by atoms with van der Waals surface area (Å²) >= 11 is 0. The average Bonchev–Trinajstić information content (AvgIpc) is 2.33. The summed E-state index contributed by atoms with van der Waals surface area (Å²) in [6, 6.07) is 0. The fraction of sp³-hybridized carbons (Fsp3) is 0.818. The van der Waals surface area contributed by atoms with Crippen molar-refractivity contribution in [3.05, 3.63) is 0 Å². The molecule has 0 atom stereocenters. The first-order valence-electron chi connectivity index (χ1n) is 5.23. The summed E-state index contributed by atoms with van der Waals surface area (Å²) in [7, 11) is 0. The van der Waals surface area contributed by atoms with Gasteiger partial charge in [-0.15, -0.1) is 12.4 Å². The molecule has 0 saturated carbocycles. The molecule has 4 heteroatoms. The molecule has 1 saturated heterocycles. The van der Waals surface area contributed by atoms with Gasteiger partial charge in [-0.1, -0.05) is 11.8 Å². The Morgan fingerprint density at radius 1 is 0.933 bits per heavy atom. The number of halogens is 1. The quantitative estimate of drug-likeness (QED) is 0.627. The van der Waals surface area contributed by atoms with Crippen LogP contribution in [-0.2, 0) is 9.47 Å². The highest BCUT2D eigenvalue weighted by molar-refractivity contribution is 5.85. The molecule has 1 spiro atoms. The third-order valence-electron chi connectivity index (χ3n) is 2.95. The molecule has 0 unspecified atom stereocenters. The lowest BCUT2D eigenvalue weighted by Crippen LogP contribution is -2.42. The Morgan fingerprint density at radius 2 is 1.47 bits per heavy atom. The van der Waals surface area contributed by atoms with Crippen molar-refractivity contribution in [3.63, 3.8) is 0 Å². The number of ether oxygens (including phenoxy) is 2. The zero-order valence-corrected chi connectivity index (χ0v) is 9.70. The summed E-state index contributed by atoms with van der Waals surface area (Å²) in [5.74, 6) is 5.87. The van der Waals surface area contributed by atoms with Gasteiger partial charge in [-0.05, 0) is 25.9 Å². The lowest BCUT2D eigenvalue weighted by molar-refractivity contribution is -0.0216. The van der Waals surface area contributed by atoms with Gasteiger partial charge in [-0.25, -0.2) is 0 Å². The Kier molecular flexibility index (Phi) is 5.41. The van der Waals surface area contributed by atoms with Crippen LogP contribution in [0.4, 0.5) is 0 Å². The summed E-state index contributed by atoms with van der Waals surface area (Å²) in [6.45, 7) is 4.85. The second-order valence-corrected chi connectivity index (χ2v) is 4.09. The fourth-order valence-electron chi connectivity index (χ4n) is 2.03. The standard InChI is InChI=1S/C11H17NO2.ClH/c1-2-8-14-10-11(9-13-7-1)3-5-12-6-4-11;/h12H,3-10H2;1H. The first-order valence-corrected chi connectivity index (χ1v) is 5.23. The molecule has 1 fully saturated rings. The van der Waals surface area contributed by atoms with E-state index >= 15 is 0 Å². The van der Waals surface area contributed by atoms with Crippen LogP contribution in [-0.4, -0.2) is 39.5 Å². The lowest BCUT2D eigenvalue weighted by Gasteiger charge is -2.36. The Bertz CT molecular complexity index is 225. The highest BCUT2D eigenvalue weighted by atomic mass is 35.5. The van der Waals surface area contributed by atoms with Gasteiger partial charge in [0.05, 0.1) is 13.2 Å². The van der Waals surface area contributed by atoms with Crippen molar-refractivity contribution in [3.8, 4) is 11.8 Å². The van der Waals surface area contributed by atoms with Crippen LogP contribution in [0.1, 0.15) is 12.8 Å². The zero-order valence-electron chi connectivity index (χ0n) is 8.88. The Morgan fingerprint density at radius 3 is 2.00 bits per heavy atom. The zero-order chi connectivity index (χ0) is 9.69. The van der Waals surface area contributed by atoms with Crippen molar-refractivity contribution in [2.24, 2.45) is 5.41 Å². The van der Waals surface area contributed by atoms with Crippen LogP contribution < -0.4 is 5.32 Å². The van der Waals surface area contributed by atoms with Crippen molar-refractivity contribution < 1.29 is 9.47 Å². The van der Waals surface area contributed by atoms with Crippen LogP contribution in [0.3, 0.4) is 0 Å². The highest BCUT2D eigenvalue weighted by Crippen LogP contribution is 2.29. The molecule has 0 aliphatic carbocycles. The Balaban J connectivity index is 0.00000112. The topological polar surface area (TPSA) is 30.5 Å². The molecule has 15 heavy (non-hydrogen) atoms. The van der Waals surface area contributed by atoms with Crippen LogP contribution >= 0.6 is 12.4 Å². The number of nitrogens with one attached hydrogen (secondary N) is 1. The second-order valence-electron chi connectivity index (χ2n) is 4.09. The third-order valence-corrected chi connectivity index (χ3v) is 2.95. The first kappa shape index (κ1) is 12.8. The van der Waals surface area contributed by atoms with E-state index in [1.165, 1.54) is 0 Å². The molecule has 2 aliphatic heterocycles. The largest absolute Gasteiger partial charge is 0.368 e. The van der Waals surface area contributed by atoms with Gasteiger partial charge in [0, 0.05) is 5.41 Å². The molecular weight excluding hydrogens is 214 g/mol. The maximum absolute atomic E-state index is 5.57. The van der Waals surface area contributed by atoms with Gasteiger partial charge < -0.3 is 14.8 Å². The minimum absolute atomic E-state index is 0. The monoisotopic (exact) mass is 231 g/mol. The van der Waals surface area contributed by atoms with E-state index in [4.69, 9.17) is 9.47 Å². The summed E-state index contributed by atoms with van der Waals surface area (Å²) in [5, 5.41) is 3.37. The smallest absolute Gasteiger partial charge is 0.107 e. The molecule has 0 bridgehead atoms. The SMILES string of the molecule is C1#CCOCC2(CCNCC2)COC1.Cl. The molecule has 2 heterocycles. The molecule has 1 N–H and O–H groups in total. The molecule has 2 rings (SSSR count). The van der Waals surface area contributed by atoms with Gasteiger partial charge in [-0.2, -0.15) is 0 Å². The van der Waals surface area contributed by atoms with E-state index in [0.29, 0.717) is 13.2 Å². The Hall–Kier alpha value is -0.270. The van der Waals surface area contributed by atoms with Crippen LogP contribution in [0, 0.1) is 17.3 Å². The van der Waals surface area contributed by atoms with Crippen LogP contribution in [0.15, 0.2) is 0 Å². The molecular formula is C11H18ClNO2. The van der Waals surface area contributed by atoms with Crippen LogP contribution in [0.2, 0.25) is 0 Å². The number of hydrogen-bond acceptors (Lipinski definition) is 3. The van der Waals surface area contributed by atoms with E-state index in [-0.39, 0.29) is 17.8 Å². The van der Waals surface area contributed by atoms with Gasteiger partial charge >= 0.3 is 0 Å². The van der Waals surface area contributed by atoms with Crippen molar-refractivity contribution >= 4 is 12.4 Å². The van der Waals surface area contributed by atoms with Crippen molar-refractivity contribution in [1.29, 1.82) is 0 Å². The number of piperidine rings is 1. The minimum Gasteiger partial charge on any atom is -0.368 e. The van der Waals surface area contributed by atoms with Gasteiger partial charge in [0.25, 0.3) is 0 Å². The Labute approximate surface area is 97.3 Å². The molecule has 0 aromatic carbocycles. The van der Waals surface area contributed by atoms with Gasteiger partial charge in [0.1, 0.15) is 13.2 Å². The predicted molar refractivity (Wildman–Crippen MR) is 61.2 cm³/mol. The molecule has 2 aliphatic rings. The van der Waals surface area contributed by atoms with E-state index in [1.807, 2.05) is 0 Å².